The van der Waals surface area contributed by atoms with Crippen LogP contribution in [0.4, 0.5) is 17.3 Å². The number of nitrogens with one attached hydrogen (secondary N) is 1. The van der Waals surface area contributed by atoms with Gasteiger partial charge < -0.3 is 10.3 Å². The van der Waals surface area contributed by atoms with Crippen molar-refractivity contribution in [1.29, 1.82) is 0 Å². The van der Waals surface area contributed by atoms with E-state index in [1.807, 2.05) is 6.07 Å². The average Bonchev–Trinajstić information content (AvgIpc) is 2.47. The van der Waals surface area contributed by atoms with Crippen molar-refractivity contribution in [1.82, 2.24) is 9.97 Å². The number of anilines is 3. The molecule has 0 saturated heterocycles. The van der Waals surface area contributed by atoms with E-state index in [-0.39, 0.29) is 0 Å². The molecule has 18 heavy (non-hydrogen) atoms. The molecule has 1 aliphatic heterocycles. The van der Waals surface area contributed by atoms with E-state index in [1.165, 1.54) is 17.6 Å². The van der Waals surface area contributed by atoms with Crippen molar-refractivity contribution in [3.63, 3.8) is 0 Å². The lowest BCUT2D eigenvalue weighted by molar-refractivity contribution is 0.758. The van der Waals surface area contributed by atoms with Gasteiger partial charge in [-0.2, -0.15) is 0 Å². The summed E-state index contributed by atoms with van der Waals surface area (Å²) in [5.41, 5.74) is 5.15. The van der Waals surface area contributed by atoms with Crippen LogP contribution in [0.5, 0.6) is 0 Å². The van der Waals surface area contributed by atoms with E-state index in [4.69, 9.17) is 5.84 Å². The van der Waals surface area contributed by atoms with Gasteiger partial charge >= 0.3 is 0 Å². The Labute approximate surface area is 106 Å². The van der Waals surface area contributed by atoms with Crippen LogP contribution >= 0.6 is 0 Å². The van der Waals surface area contributed by atoms with Crippen molar-refractivity contribution in [3.05, 3.63) is 42.2 Å². The Morgan fingerprint density at radius 1 is 1.22 bits per heavy atom. The van der Waals surface area contributed by atoms with Crippen molar-refractivity contribution in [2.75, 3.05) is 16.9 Å². The smallest absolute Gasteiger partial charge is 0.145 e. The summed E-state index contributed by atoms with van der Waals surface area (Å²) in [6, 6.07) is 10.3. The Kier molecular flexibility index (Phi) is 2.82. The monoisotopic (exact) mass is 241 g/mol. The number of aryl methyl sites for hydroxylation is 1. The van der Waals surface area contributed by atoms with Crippen LogP contribution < -0.4 is 16.2 Å². The zero-order chi connectivity index (χ0) is 12.4. The molecule has 2 heterocycles. The van der Waals surface area contributed by atoms with E-state index < -0.39 is 0 Å². The maximum atomic E-state index is 5.38. The van der Waals surface area contributed by atoms with E-state index in [2.05, 4.69) is 44.6 Å². The predicted molar refractivity (Wildman–Crippen MR) is 71.6 cm³/mol. The number of aromatic nitrogens is 2. The Balaban J connectivity index is 2.02. The van der Waals surface area contributed by atoms with E-state index in [1.54, 1.807) is 0 Å². The molecule has 1 aromatic heterocycles. The van der Waals surface area contributed by atoms with Gasteiger partial charge in [0.05, 0.1) is 0 Å². The fourth-order valence-electron chi connectivity index (χ4n) is 2.35. The molecule has 2 aromatic rings. The normalized spacial score (nSPS) is 14.2. The summed E-state index contributed by atoms with van der Waals surface area (Å²) in [5, 5.41) is 0. The fourth-order valence-corrected chi connectivity index (χ4v) is 2.35. The number of nitrogens with two attached hydrogens (primary N) is 1. The van der Waals surface area contributed by atoms with Gasteiger partial charge in [-0.05, 0) is 24.5 Å². The molecule has 3 N–H and O–H groups in total. The standard InChI is InChI=1S/C13H15N5/c14-17-12-8-13(16-9-15-12)18-7-3-5-10-4-1-2-6-11(10)18/h1-2,4,6,8-9H,3,5,7,14H2,(H,15,16,17). The van der Waals surface area contributed by atoms with Crippen molar-refractivity contribution < 1.29 is 0 Å². The number of rotatable bonds is 2. The third kappa shape index (κ3) is 1.89. The van der Waals surface area contributed by atoms with Crippen molar-refractivity contribution in [2.24, 2.45) is 5.84 Å². The Morgan fingerprint density at radius 2 is 2.11 bits per heavy atom. The quantitative estimate of drug-likeness (QED) is 0.620. The van der Waals surface area contributed by atoms with Crippen molar-refractivity contribution in [3.8, 4) is 0 Å². The van der Waals surface area contributed by atoms with E-state index in [0.717, 1.165) is 25.2 Å². The van der Waals surface area contributed by atoms with Gasteiger partial charge in [-0.15, -0.1) is 0 Å². The second kappa shape index (κ2) is 4.62. The van der Waals surface area contributed by atoms with Crippen LogP contribution in [0, 0.1) is 0 Å². The van der Waals surface area contributed by atoms with Gasteiger partial charge in [0.1, 0.15) is 18.0 Å². The van der Waals surface area contributed by atoms with Crippen LogP contribution in [0.25, 0.3) is 0 Å². The molecule has 0 fully saturated rings. The molecule has 0 spiro atoms. The van der Waals surface area contributed by atoms with Gasteiger partial charge in [0.15, 0.2) is 0 Å². The Bertz CT molecular complexity index is 555. The average molecular weight is 241 g/mol. The first kappa shape index (κ1) is 11.0. The first-order valence-electron chi connectivity index (χ1n) is 6.02. The van der Waals surface area contributed by atoms with E-state index in [0.29, 0.717) is 5.82 Å². The highest BCUT2D eigenvalue weighted by molar-refractivity contribution is 5.66. The molecule has 0 amide bonds. The number of hydrazine groups is 1. The minimum atomic E-state index is 0.628. The number of hydrogen-bond acceptors (Lipinski definition) is 5. The molecule has 1 aromatic carbocycles. The molecular formula is C13H15N5. The van der Waals surface area contributed by atoms with Crippen LogP contribution in [-0.2, 0) is 6.42 Å². The van der Waals surface area contributed by atoms with Crippen LogP contribution in [-0.4, -0.2) is 16.5 Å². The topological polar surface area (TPSA) is 67.1 Å². The summed E-state index contributed by atoms with van der Waals surface area (Å²) in [4.78, 5) is 10.6. The predicted octanol–water partition coefficient (Wildman–Crippen LogP) is 1.85. The lowest BCUT2D eigenvalue weighted by Gasteiger charge is -2.30. The zero-order valence-electron chi connectivity index (χ0n) is 10.0. The van der Waals surface area contributed by atoms with Gasteiger partial charge in [-0.25, -0.2) is 15.8 Å². The number of nitrogen functional groups attached to an aromatic ring is 1. The third-order valence-corrected chi connectivity index (χ3v) is 3.19. The first-order chi connectivity index (χ1) is 8.88. The maximum Gasteiger partial charge on any atom is 0.145 e. The number of fused-ring (bicyclic) bond motifs is 1. The number of para-hydroxylation sites is 1. The molecule has 1 aliphatic rings. The highest BCUT2D eigenvalue weighted by Crippen LogP contribution is 2.32. The van der Waals surface area contributed by atoms with Crippen LogP contribution in [0.1, 0.15) is 12.0 Å². The molecule has 0 atom stereocenters. The summed E-state index contributed by atoms with van der Waals surface area (Å²) in [7, 11) is 0. The number of hydrogen-bond donors (Lipinski definition) is 2. The summed E-state index contributed by atoms with van der Waals surface area (Å²) >= 11 is 0. The molecule has 0 radical (unpaired) electrons. The molecule has 0 aliphatic carbocycles. The summed E-state index contributed by atoms with van der Waals surface area (Å²) in [6.45, 7) is 0.970. The van der Waals surface area contributed by atoms with E-state index >= 15 is 0 Å². The van der Waals surface area contributed by atoms with Crippen LogP contribution in [0.15, 0.2) is 36.7 Å². The maximum absolute atomic E-state index is 5.38. The second-order valence-electron chi connectivity index (χ2n) is 4.29. The first-order valence-corrected chi connectivity index (χ1v) is 6.02. The summed E-state index contributed by atoms with van der Waals surface area (Å²) in [5.74, 6) is 6.89. The van der Waals surface area contributed by atoms with Gasteiger partial charge in [0, 0.05) is 18.3 Å². The van der Waals surface area contributed by atoms with Gasteiger partial charge in [0.25, 0.3) is 0 Å². The molecular weight excluding hydrogens is 226 g/mol. The second-order valence-corrected chi connectivity index (χ2v) is 4.29. The molecule has 0 bridgehead atoms. The Hall–Kier alpha value is -2.14. The highest BCUT2D eigenvalue weighted by Gasteiger charge is 2.18. The molecule has 92 valence electrons. The minimum Gasteiger partial charge on any atom is -0.326 e. The number of nitrogens with zero attached hydrogens (tertiary/aromatic N) is 3. The minimum absolute atomic E-state index is 0.628. The van der Waals surface area contributed by atoms with Crippen LogP contribution in [0.2, 0.25) is 0 Å². The molecule has 0 saturated carbocycles. The molecule has 5 nitrogen and oxygen atoms in total. The Morgan fingerprint density at radius 3 is 3.00 bits per heavy atom. The summed E-state index contributed by atoms with van der Waals surface area (Å²) < 4.78 is 0. The van der Waals surface area contributed by atoms with Crippen molar-refractivity contribution in [2.45, 2.75) is 12.8 Å². The molecule has 3 rings (SSSR count). The third-order valence-electron chi connectivity index (χ3n) is 3.19. The largest absolute Gasteiger partial charge is 0.326 e. The SMILES string of the molecule is NNc1cc(N2CCCc3ccccc32)ncn1. The lowest BCUT2D eigenvalue weighted by Crippen LogP contribution is -2.25. The summed E-state index contributed by atoms with van der Waals surface area (Å²) in [6.07, 6.45) is 3.79. The fraction of sp³-hybridized carbons (Fsp3) is 0.231. The van der Waals surface area contributed by atoms with Crippen molar-refractivity contribution >= 4 is 17.3 Å². The highest BCUT2D eigenvalue weighted by atomic mass is 15.3. The molecule has 5 heteroatoms. The molecule has 0 unspecified atom stereocenters. The van der Waals surface area contributed by atoms with Gasteiger partial charge in [-0.3, -0.25) is 0 Å². The van der Waals surface area contributed by atoms with Crippen LogP contribution in [0.3, 0.4) is 0 Å². The lowest BCUT2D eigenvalue weighted by atomic mass is 10.0. The number of benzene rings is 1. The van der Waals surface area contributed by atoms with Gasteiger partial charge in [0.2, 0.25) is 0 Å². The zero-order valence-corrected chi connectivity index (χ0v) is 10.0. The van der Waals surface area contributed by atoms with E-state index in [9.17, 15) is 0 Å². The van der Waals surface area contributed by atoms with Gasteiger partial charge in [-0.1, -0.05) is 18.2 Å².